The summed E-state index contributed by atoms with van der Waals surface area (Å²) in [5.41, 5.74) is 2.07. The highest BCUT2D eigenvalue weighted by Gasteiger charge is 2.22. The Kier molecular flexibility index (Phi) is 3.38. The fourth-order valence-electron chi connectivity index (χ4n) is 2.85. The van der Waals surface area contributed by atoms with E-state index in [0.29, 0.717) is 6.04 Å². The number of rotatable bonds is 2. The van der Waals surface area contributed by atoms with Gasteiger partial charge in [-0.05, 0) is 25.5 Å². The molecule has 3 rings (SSSR count). The van der Waals surface area contributed by atoms with Gasteiger partial charge in [-0.1, -0.05) is 18.5 Å². The number of hydrogen-bond acceptors (Lipinski definition) is 3. The Balaban J connectivity index is 2.10. The van der Waals surface area contributed by atoms with Crippen LogP contribution in [0.2, 0.25) is 0 Å². The summed E-state index contributed by atoms with van der Waals surface area (Å²) in [6.45, 7) is 6.88. The molecule has 20 heavy (non-hydrogen) atoms. The van der Waals surface area contributed by atoms with Gasteiger partial charge in [-0.15, -0.1) is 0 Å². The van der Waals surface area contributed by atoms with Crippen molar-refractivity contribution < 1.29 is 0 Å². The van der Waals surface area contributed by atoms with Gasteiger partial charge in [0.25, 0.3) is 5.56 Å². The molecule has 1 atom stereocenters. The van der Waals surface area contributed by atoms with E-state index in [-0.39, 0.29) is 5.56 Å². The van der Waals surface area contributed by atoms with E-state index in [9.17, 15) is 4.79 Å². The lowest BCUT2D eigenvalue weighted by Gasteiger charge is -2.33. The lowest BCUT2D eigenvalue weighted by molar-refractivity contribution is 0.156. The summed E-state index contributed by atoms with van der Waals surface area (Å²) in [5.74, 6) is 0.902. The molecule has 0 bridgehead atoms. The summed E-state index contributed by atoms with van der Waals surface area (Å²) >= 11 is 0. The molecule has 1 aliphatic rings. The largest absolute Gasteiger partial charge is 0.294 e. The number of benzene rings is 1. The third-order valence-electron chi connectivity index (χ3n) is 4.36. The molecule has 0 N–H and O–H groups in total. The maximum atomic E-state index is 12.5. The predicted octanol–water partition coefficient (Wildman–Crippen LogP) is 0.269. The molecule has 5 heteroatoms. The van der Waals surface area contributed by atoms with Crippen molar-refractivity contribution in [3.63, 3.8) is 0 Å². The molecule has 104 valence electrons. The van der Waals surface area contributed by atoms with E-state index in [1.165, 1.54) is 0 Å². The Morgan fingerprint density at radius 3 is 2.95 bits per heavy atom. The molecule has 2 aromatic rings. The fourth-order valence-corrected chi connectivity index (χ4v) is 2.85. The maximum absolute atomic E-state index is 12.5. The van der Waals surface area contributed by atoms with Crippen LogP contribution in [0, 0.1) is 0 Å². The lowest BCUT2D eigenvalue weighted by atomic mass is 9.95. The second-order valence-corrected chi connectivity index (χ2v) is 5.73. The van der Waals surface area contributed by atoms with E-state index in [1.54, 1.807) is 0 Å². The number of hydrogen-bond donors (Lipinski definition) is 0. The van der Waals surface area contributed by atoms with Crippen molar-refractivity contribution in [3.8, 4) is 0 Å². The van der Waals surface area contributed by atoms with Gasteiger partial charge >= 0.3 is 0 Å². The molecule has 0 aliphatic carbocycles. The Hall–Kier alpha value is -1.62. The predicted molar refractivity (Wildman–Crippen MR) is 84.3 cm³/mol. The van der Waals surface area contributed by atoms with Gasteiger partial charge in [-0.3, -0.25) is 14.3 Å². The van der Waals surface area contributed by atoms with Crippen LogP contribution in [0.3, 0.4) is 0 Å². The van der Waals surface area contributed by atoms with E-state index in [2.05, 4.69) is 18.7 Å². The van der Waals surface area contributed by atoms with Gasteiger partial charge in [0.2, 0.25) is 0 Å². The highest BCUT2D eigenvalue weighted by molar-refractivity contribution is 6.33. The molecule has 4 nitrogen and oxygen atoms in total. The van der Waals surface area contributed by atoms with Crippen LogP contribution in [0.25, 0.3) is 10.9 Å². The normalized spacial score (nSPS) is 17.1. The average molecular weight is 269 g/mol. The van der Waals surface area contributed by atoms with E-state index in [1.807, 2.05) is 30.6 Å². The SMILES string of the molecule is Bc1ccc2c(=O)n3c(nc2c1)CN(C(C)CC)CC3. The number of aromatic nitrogens is 2. The van der Waals surface area contributed by atoms with Crippen molar-refractivity contribution in [2.75, 3.05) is 6.54 Å². The van der Waals surface area contributed by atoms with Crippen LogP contribution in [0.1, 0.15) is 26.1 Å². The van der Waals surface area contributed by atoms with Crippen LogP contribution in [-0.4, -0.2) is 34.9 Å². The zero-order chi connectivity index (χ0) is 14.3. The van der Waals surface area contributed by atoms with Gasteiger partial charge in [0.1, 0.15) is 13.7 Å². The van der Waals surface area contributed by atoms with Gasteiger partial charge < -0.3 is 0 Å². The molecule has 0 radical (unpaired) electrons. The first-order valence-corrected chi connectivity index (χ1v) is 7.34. The minimum absolute atomic E-state index is 0.105. The maximum Gasteiger partial charge on any atom is 0.261 e. The van der Waals surface area contributed by atoms with Crippen molar-refractivity contribution in [2.45, 2.75) is 39.4 Å². The molecular formula is C15H20BN3O. The van der Waals surface area contributed by atoms with Gasteiger partial charge in [-0.25, -0.2) is 4.98 Å². The minimum Gasteiger partial charge on any atom is -0.294 e. The molecule has 0 fully saturated rings. The van der Waals surface area contributed by atoms with E-state index >= 15 is 0 Å². The summed E-state index contributed by atoms with van der Waals surface area (Å²) in [7, 11) is 2.03. The molecule has 1 unspecified atom stereocenters. The Labute approximate surface area is 119 Å². The number of fused-ring (bicyclic) bond motifs is 2. The summed E-state index contributed by atoms with van der Waals surface area (Å²) in [4.78, 5) is 19.7. The van der Waals surface area contributed by atoms with Crippen LogP contribution in [0.15, 0.2) is 23.0 Å². The first kappa shape index (κ1) is 13.4. The summed E-state index contributed by atoms with van der Waals surface area (Å²) in [6, 6.07) is 6.41. The van der Waals surface area contributed by atoms with E-state index in [0.717, 1.165) is 48.2 Å². The monoisotopic (exact) mass is 269 g/mol. The quantitative estimate of drug-likeness (QED) is 0.734. The summed E-state index contributed by atoms with van der Waals surface area (Å²) in [5, 5.41) is 0.733. The molecule has 1 aliphatic heterocycles. The van der Waals surface area contributed by atoms with Crippen molar-refractivity contribution in [1.82, 2.24) is 14.5 Å². The standard InChI is InChI=1S/C15H20BN3O/c1-3-10(2)18-6-7-19-14(9-18)17-13-8-11(16)4-5-12(13)15(19)20/h4-5,8,10H,3,6-7,9,16H2,1-2H3. The minimum atomic E-state index is 0.105. The average Bonchev–Trinajstić information content (AvgIpc) is 2.45. The van der Waals surface area contributed by atoms with Gasteiger partial charge in [-0.2, -0.15) is 0 Å². The van der Waals surface area contributed by atoms with Gasteiger partial charge in [0, 0.05) is 19.1 Å². The van der Waals surface area contributed by atoms with Gasteiger partial charge in [0.15, 0.2) is 0 Å². The zero-order valence-corrected chi connectivity index (χ0v) is 12.4. The molecule has 0 amide bonds. The van der Waals surface area contributed by atoms with Crippen molar-refractivity contribution >= 4 is 24.2 Å². The van der Waals surface area contributed by atoms with Crippen LogP contribution in [0.4, 0.5) is 0 Å². The highest BCUT2D eigenvalue weighted by Crippen LogP contribution is 2.15. The molecule has 0 saturated carbocycles. The van der Waals surface area contributed by atoms with Crippen LogP contribution in [-0.2, 0) is 13.1 Å². The molecule has 1 aromatic heterocycles. The van der Waals surface area contributed by atoms with Crippen LogP contribution in [0.5, 0.6) is 0 Å². The van der Waals surface area contributed by atoms with Crippen molar-refractivity contribution in [1.29, 1.82) is 0 Å². The second kappa shape index (κ2) is 5.06. The van der Waals surface area contributed by atoms with E-state index in [4.69, 9.17) is 4.98 Å². The lowest BCUT2D eigenvalue weighted by Crippen LogP contribution is -2.43. The first-order valence-electron chi connectivity index (χ1n) is 7.34. The Morgan fingerprint density at radius 1 is 1.40 bits per heavy atom. The Bertz CT molecular complexity index is 710. The molecular weight excluding hydrogens is 249 g/mol. The van der Waals surface area contributed by atoms with E-state index < -0.39 is 0 Å². The zero-order valence-electron chi connectivity index (χ0n) is 12.4. The van der Waals surface area contributed by atoms with Crippen LogP contribution >= 0.6 is 0 Å². The third-order valence-corrected chi connectivity index (χ3v) is 4.36. The van der Waals surface area contributed by atoms with Gasteiger partial charge in [0.05, 0.1) is 17.4 Å². The van der Waals surface area contributed by atoms with Crippen LogP contribution < -0.4 is 11.0 Å². The highest BCUT2D eigenvalue weighted by atomic mass is 16.1. The van der Waals surface area contributed by atoms with Crippen molar-refractivity contribution in [3.05, 3.63) is 34.4 Å². The molecule has 0 saturated heterocycles. The first-order chi connectivity index (χ1) is 9.60. The number of nitrogens with zero attached hydrogens (tertiary/aromatic N) is 3. The fraction of sp³-hybridized carbons (Fsp3) is 0.467. The van der Waals surface area contributed by atoms with Crippen molar-refractivity contribution in [2.24, 2.45) is 0 Å². The molecule has 0 spiro atoms. The molecule has 2 heterocycles. The smallest absolute Gasteiger partial charge is 0.261 e. The third kappa shape index (κ3) is 2.16. The Morgan fingerprint density at radius 2 is 2.20 bits per heavy atom. The molecule has 1 aromatic carbocycles. The second-order valence-electron chi connectivity index (χ2n) is 5.73. The summed E-state index contributed by atoms with van der Waals surface area (Å²) < 4.78 is 1.84. The summed E-state index contributed by atoms with van der Waals surface area (Å²) in [6.07, 6.45) is 1.12. The topological polar surface area (TPSA) is 38.1 Å².